The average Bonchev–Trinajstić information content (AvgIpc) is 3.60. The van der Waals surface area contributed by atoms with E-state index >= 15 is 4.79 Å². The van der Waals surface area contributed by atoms with Crippen LogP contribution in [-0.2, 0) is 48.0 Å². The van der Waals surface area contributed by atoms with Gasteiger partial charge in [-0.25, -0.2) is 5.43 Å². The van der Waals surface area contributed by atoms with Crippen molar-refractivity contribution in [2.45, 2.75) is 129 Å². The lowest BCUT2D eigenvalue weighted by Crippen LogP contribution is -2.62. The number of aromatic nitrogens is 2. The smallest absolute Gasteiger partial charge is 0.324 e. The molecule has 5 fully saturated rings. The minimum absolute atomic E-state index is 0.0246. The number of hydrogen-bond acceptors (Lipinski definition) is 10. The number of hydrazine groups is 1. The summed E-state index contributed by atoms with van der Waals surface area (Å²) in [5, 5.41) is 9.20. The number of rotatable bonds is 9. The van der Waals surface area contributed by atoms with Gasteiger partial charge < -0.3 is 29.6 Å². The summed E-state index contributed by atoms with van der Waals surface area (Å²) in [7, 11) is 1.71. The minimum atomic E-state index is -0.887. The number of nitrogens with one attached hydrogen (secondary N) is 3. The molecule has 10 rings (SSSR count). The molecule has 1 saturated carbocycles. The predicted octanol–water partition coefficient (Wildman–Crippen LogP) is 6.20. The van der Waals surface area contributed by atoms with Crippen LogP contribution in [-0.4, -0.2) is 125 Å². The van der Waals surface area contributed by atoms with Gasteiger partial charge in [0.25, 0.3) is 5.91 Å². The third kappa shape index (κ3) is 9.21. The van der Waals surface area contributed by atoms with E-state index in [0.717, 1.165) is 128 Å². The van der Waals surface area contributed by atoms with Gasteiger partial charge in [0.1, 0.15) is 12.1 Å². The zero-order valence-corrected chi connectivity index (χ0v) is 40.7. The van der Waals surface area contributed by atoms with E-state index in [0.29, 0.717) is 25.8 Å². The van der Waals surface area contributed by atoms with Crippen LogP contribution in [0, 0.1) is 16.7 Å². The van der Waals surface area contributed by atoms with Crippen LogP contribution in [0.4, 0.5) is 0 Å². The molecule has 6 aliphatic rings. The van der Waals surface area contributed by atoms with Crippen molar-refractivity contribution in [2.75, 3.05) is 53.0 Å². The third-order valence-corrected chi connectivity index (χ3v) is 16.1. The molecule has 362 valence electrons. The van der Waals surface area contributed by atoms with Crippen molar-refractivity contribution in [2.24, 2.45) is 16.7 Å². The van der Waals surface area contributed by atoms with Gasteiger partial charge in [0.2, 0.25) is 11.8 Å². The molecule has 5 aliphatic heterocycles. The first-order chi connectivity index (χ1) is 32.8. The van der Waals surface area contributed by atoms with Crippen molar-refractivity contribution >= 4 is 34.6 Å². The molecule has 2 aromatic heterocycles. The maximum atomic E-state index is 15.1. The Kier molecular flexibility index (Phi) is 13.0. The van der Waals surface area contributed by atoms with E-state index in [1.54, 1.807) is 12.1 Å². The fourth-order valence-electron chi connectivity index (χ4n) is 12.3. The van der Waals surface area contributed by atoms with Crippen LogP contribution in [0.3, 0.4) is 0 Å². The second-order valence-electron chi connectivity index (χ2n) is 21.5. The molecular formula is C54H70N8O6. The standard InChI is InChI=1S/C54H70N8O6/c1-6-61-45-19-18-38-28-40(45)41(48(61)39-16-10-22-55-46(39)34(2)67-5)29-53(3,4)33-68-52(66)42-17-11-23-62(58-42)51(65)43(27-35-12-9-15-37(38)26-35)57-49(63)47(36-13-7-8-14-36)59-24-20-54(31-59)21-25-60(32-54)50(64)44-30-56-44/h9-10,12,15-16,18-19,22,26,28,34,36,42-44,47,56,58H,6-8,11,13-14,17,20-21,23-25,27,29-33H2,1-5H3,(H,57,63)/t34-,42-,43-,44+,47-,54-/m0/s1. The summed E-state index contributed by atoms with van der Waals surface area (Å²) in [6.45, 7) is 13.6. The third-order valence-electron chi connectivity index (χ3n) is 16.1. The molecule has 14 heteroatoms. The summed E-state index contributed by atoms with van der Waals surface area (Å²) in [5.41, 5.74) is 11.0. The molecule has 0 unspecified atom stereocenters. The number of cyclic esters (lactones) is 1. The number of likely N-dealkylation sites (tertiary alicyclic amines) is 2. The number of pyridine rings is 1. The molecule has 3 N–H and O–H groups in total. The lowest BCUT2D eigenvalue weighted by Gasteiger charge is -2.37. The van der Waals surface area contributed by atoms with Gasteiger partial charge >= 0.3 is 5.97 Å². The molecule has 4 saturated heterocycles. The van der Waals surface area contributed by atoms with Gasteiger partial charge in [0, 0.05) is 86.3 Å². The van der Waals surface area contributed by atoms with Crippen LogP contribution < -0.4 is 16.1 Å². The number of benzene rings is 2. The van der Waals surface area contributed by atoms with E-state index in [4.69, 9.17) is 14.5 Å². The number of methoxy groups -OCH3 is 1. The van der Waals surface area contributed by atoms with Crippen LogP contribution in [0.2, 0.25) is 0 Å². The molecule has 6 bridgehead atoms. The second kappa shape index (κ2) is 19.0. The normalized spacial score (nSPS) is 26.5. The van der Waals surface area contributed by atoms with Crippen molar-refractivity contribution in [1.29, 1.82) is 0 Å². The van der Waals surface area contributed by atoms with Gasteiger partial charge in [-0.05, 0) is 118 Å². The van der Waals surface area contributed by atoms with E-state index < -0.39 is 23.5 Å². The number of aryl methyl sites for hydroxylation is 1. The van der Waals surface area contributed by atoms with E-state index in [2.05, 4.69) is 82.7 Å². The number of carbonyl (C=O) groups excluding carboxylic acids is 4. The van der Waals surface area contributed by atoms with Crippen molar-refractivity contribution in [3.8, 4) is 22.4 Å². The summed E-state index contributed by atoms with van der Waals surface area (Å²) in [4.78, 5) is 66.4. The Morgan fingerprint density at radius 2 is 1.76 bits per heavy atom. The Labute approximate surface area is 400 Å². The number of ether oxygens (including phenoxy) is 2. The fraction of sp³-hybridized carbons (Fsp3) is 0.574. The summed E-state index contributed by atoms with van der Waals surface area (Å²) in [6, 6.07) is 17.1. The molecule has 7 heterocycles. The Morgan fingerprint density at radius 3 is 2.54 bits per heavy atom. The largest absolute Gasteiger partial charge is 0.464 e. The lowest BCUT2D eigenvalue weighted by molar-refractivity contribution is -0.155. The lowest BCUT2D eigenvalue weighted by atomic mass is 9.84. The second-order valence-corrected chi connectivity index (χ2v) is 21.5. The Bertz CT molecular complexity index is 2560. The maximum Gasteiger partial charge on any atom is 0.324 e. The molecule has 68 heavy (non-hydrogen) atoms. The molecule has 1 spiro atoms. The van der Waals surface area contributed by atoms with Crippen molar-refractivity contribution in [1.82, 2.24) is 40.4 Å². The quantitative estimate of drug-likeness (QED) is 0.130. The van der Waals surface area contributed by atoms with Gasteiger partial charge in [-0.3, -0.25) is 34.1 Å². The van der Waals surface area contributed by atoms with Gasteiger partial charge in [-0.15, -0.1) is 0 Å². The van der Waals surface area contributed by atoms with Gasteiger partial charge in [-0.1, -0.05) is 57.0 Å². The molecule has 14 nitrogen and oxygen atoms in total. The van der Waals surface area contributed by atoms with Crippen LogP contribution in [0.25, 0.3) is 33.3 Å². The maximum absolute atomic E-state index is 15.1. The summed E-state index contributed by atoms with van der Waals surface area (Å²) >= 11 is 0. The van der Waals surface area contributed by atoms with E-state index in [9.17, 15) is 14.4 Å². The van der Waals surface area contributed by atoms with Crippen LogP contribution >= 0.6 is 0 Å². The molecule has 4 aromatic rings. The first-order valence-corrected chi connectivity index (χ1v) is 25.4. The number of carbonyl (C=O) groups is 4. The number of fused-ring (bicyclic) bond motifs is 6. The number of hydrogen-bond donors (Lipinski definition) is 3. The van der Waals surface area contributed by atoms with Crippen molar-refractivity contribution < 1.29 is 28.7 Å². The number of nitrogens with zero attached hydrogens (tertiary/aromatic N) is 5. The molecular weight excluding hydrogens is 857 g/mol. The molecule has 2 aromatic carbocycles. The molecule has 1 aliphatic carbocycles. The number of amides is 3. The summed E-state index contributed by atoms with van der Waals surface area (Å²) in [6.07, 6.45) is 9.63. The van der Waals surface area contributed by atoms with Gasteiger partial charge in [0.15, 0.2) is 0 Å². The SMILES string of the molecule is CCn1c(-c2cccnc2[C@H](C)OC)c2c3cc(ccc31)-c1cccc(c1)C[C@H](NC(=O)[C@H](C1CCCC1)N1CC[C@]3(CCN(C(=O)[C@H]4CN4)C3)C1)C(=O)N1CCC[C@H](N1)C(=O)OCC(C)(C)C2. The first kappa shape index (κ1) is 46.6. The molecule has 3 amide bonds. The predicted molar refractivity (Wildman–Crippen MR) is 261 cm³/mol. The van der Waals surface area contributed by atoms with Gasteiger partial charge in [0.05, 0.1) is 36.2 Å². The highest BCUT2D eigenvalue weighted by Gasteiger charge is 2.50. The fourth-order valence-corrected chi connectivity index (χ4v) is 12.3. The Hall–Kier alpha value is -5.15. The summed E-state index contributed by atoms with van der Waals surface area (Å²) < 4.78 is 14.4. The van der Waals surface area contributed by atoms with E-state index in [1.165, 1.54) is 0 Å². The molecule has 0 radical (unpaired) electrons. The number of esters is 1. The van der Waals surface area contributed by atoms with Crippen LogP contribution in [0.1, 0.15) is 102 Å². The Balaban J connectivity index is 1.01. The highest BCUT2D eigenvalue weighted by atomic mass is 16.5. The first-order valence-electron chi connectivity index (χ1n) is 25.4. The van der Waals surface area contributed by atoms with Crippen molar-refractivity contribution in [3.63, 3.8) is 0 Å². The molecule has 6 atom stereocenters. The van der Waals surface area contributed by atoms with Gasteiger partial charge in [-0.2, -0.15) is 0 Å². The zero-order chi connectivity index (χ0) is 47.3. The highest BCUT2D eigenvalue weighted by molar-refractivity contribution is 5.96. The zero-order valence-electron chi connectivity index (χ0n) is 40.7. The van der Waals surface area contributed by atoms with Crippen LogP contribution in [0.15, 0.2) is 60.8 Å². The van der Waals surface area contributed by atoms with Crippen molar-refractivity contribution in [3.05, 3.63) is 77.6 Å². The monoisotopic (exact) mass is 927 g/mol. The highest BCUT2D eigenvalue weighted by Crippen LogP contribution is 2.44. The Morgan fingerprint density at radius 1 is 0.971 bits per heavy atom. The van der Waals surface area contributed by atoms with Crippen LogP contribution in [0.5, 0.6) is 0 Å². The van der Waals surface area contributed by atoms with E-state index in [-0.39, 0.29) is 60.3 Å². The minimum Gasteiger partial charge on any atom is -0.464 e. The average molecular weight is 927 g/mol. The van der Waals surface area contributed by atoms with E-state index in [1.807, 2.05) is 36.2 Å². The summed E-state index contributed by atoms with van der Waals surface area (Å²) in [5.74, 6) is -0.379. The topological polar surface area (TPSA) is 160 Å².